The molecule has 5 aromatic rings. The van der Waals surface area contributed by atoms with Crippen molar-refractivity contribution in [3.63, 3.8) is 0 Å². The number of nitrogens with one attached hydrogen (secondary N) is 1. The largest absolute Gasteiger partial charge is 0.472 e. The highest BCUT2D eigenvalue weighted by atomic mass is 32.1. The van der Waals surface area contributed by atoms with Gasteiger partial charge in [0.05, 0.1) is 29.6 Å². The Labute approximate surface area is 188 Å². The first-order chi connectivity index (χ1) is 15.7. The van der Waals surface area contributed by atoms with Crippen LogP contribution in [0.15, 0.2) is 65.7 Å². The normalized spacial score (nSPS) is 11.2. The maximum atomic E-state index is 13.0. The number of nitrogens with zero attached hydrogens (tertiary/aromatic N) is 4. The van der Waals surface area contributed by atoms with Crippen LogP contribution in [-0.2, 0) is 6.42 Å². The van der Waals surface area contributed by atoms with Gasteiger partial charge in [0.2, 0.25) is 0 Å². The molecule has 0 saturated carbocycles. The zero-order valence-electron chi connectivity index (χ0n) is 17.4. The third-order valence-corrected chi connectivity index (χ3v) is 6.01. The number of furan rings is 1. The average Bonchev–Trinajstić information content (AvgIpc) is 3.47. The van der Waals surface area contributed by atoms with Gasteiger partial charge in [0.25, 0.3) is 0 Å². The standard InChI is InChI=1S/C24H20FN5OS/c1-15-11-20-23(29-22(30-24(20)32-15)18-8-10-31-14-18)26-9-2-3-16-4-6-17(7-5-16)21-27-12-19(25)13-28-21/h4-8,10-14H,2-3,9H2,1H3,(H,26,29,30). The van der Waals surface area contributed by atoms with E-state index in [1.54, 1.807) is 23.9 Å². The molecule has 1 N–H and O–H groups in total. The third-order valence-electron chi connectivity index (χ3n) is 5.06. The molecular formula is C24H20FN5OS. The van der Waals surface area contributed by atoms with Gasteiger partial charge in [-0.2, -0.15) is 0 Å². The summed E-state index contributed by atoms with van der Waals surface area (Å²) in [4.78, 5) is 19.6. The molecular weight excluding hydrogens is 425 g/mol. The van der Waals surface area contributed by atoms with Crippen LogP contribution in [0.2, 0.25) is 0 Å². The number of halogens is 1. The molecule has 0 aliphatic carbocycles. The maximum absolute atomic E-state index is 13.0. The van der Waals surface area contributed by atoms with Gasteiger partial charge in [-0.05, 0) is 37.5 Å². The molecule has 8 heteroatoms. The molecule has 0 radical (unpaired) electrons. The molecule has 4 heterocycles. The lowest BCUT2D eigenvalue weighted by atomic mass is 10.1. The van der Waals surface area contributed by atoms with E-state index in [0.29, 0.717) is 11.6 Å². The van der Waals surface area contributed by atoms with Crippen LogP contribution in [0.5, 0.6) is 0 Å². The van der Waals surface area contributed by atoms with Crippen LogP contribution in [-0.4, -0.2) is 26.5 Å². The maximum Gasteiger partial charge on any atom is 0.166 e. The second-order valence-corrected chi connectivity index (χ2v) is 8.67. The molecule has 0 unspecified atom stereocenters. The Bertz CT molecular complexity index is 1330. The number of benzene rings is 1. The Balaban J connectivity index is 1.24. The van der Waals surface area contributed by atoms with Gasteiger partial charge in [0, 0.05) is 17.0 Å². The van der Waals surface area contributed by atoms with Crippen molar-refractivity contribution < 1.29 is 8.81 Å². The van der Waals surface area contributed by atoms with Gasteiger partial charge in [-0.3, -0.25) is 0 Å². The van der Waals surface area contributed by atoms with E-state index in [9.17, 15) is 4.39 Å². The Morgan fingerprint density at radius 2 is 1.81 bits per heavy atom. The third kappa shape index (κ3) is 4.36. The van der Waals surface area contributed by atoms with Crippen molar-refractivity contribution in [2.75, 3.05) is 11.9 Å². The van der Waals surface area contributed by atoms with E-state index in [4.69, 9.17) is 9.40 Å². The molecule has 4 aromatic heterocycles. The monoisotopic (exact) mass is 445 g/mol. The van der Waals surface area contributed by atoms with Crippen molar-refractivity contribution in [3.8, 4) is 22.8 Å². The molecule has 0 amide bonds. The number of hydrogen-bond acceptors (Lipinski definition) is 7. The Morgan fingerprint density at radius 1 is 1.00 bits per heavy atom. The number of thiophene rings is 1. The Morgan fingerprint density at radius 3 is 2.56 bits per heavy atom. The Kier molecular flexibility index (Phi) is 5.60. The first-order valence-electron chi connectivity index (χ1n) is 10.3. The van der Waals surface area contributed by atoms with Crippen molar-refractivity contribution in [1.82, 2.24) is 19.9 Å². The summed E-state index contributed by atoms with van der Waals surface area (Å²) >= 11 is 1.66. The van der Waals surface area contributed by atoms with Gasteiger partial charge < -0.3 is 9.73 Å². The number of rotatable bonds is 7. The Hall–Kier alpha value is -3.65. The topological polar surface area (TPSA) is 76.7 Å². The fraction of sp³-hybridized carbons (Fsp3) is 0.167. The lowest BCUT2D eigenvalue weighted by molar-refractivity contribution is 0.568. The van der Waals surface area contributed by atoms with Gasteiger partial charge in [-0.1, -0.05) is 24.3 Å². The molecule has 0 atom stereocenters. The quantitative estimate of drug-likeness (QED) is 0.314. The van der Waals surface area contributed by atoms with E-state index in [0.717, 1.165) is 46.5 Å². The summed E-state index contributed by atoms with van der Waals surface area (Å²) in [5, 5.41) is 4.53. The fourth-order valence-electron chi connectivity index (χ4n) is 3.48. The van der Waals surface area contributed by atoms with Crippen molar-refractivity contribution in [2.45, 2.75) is 19.8 Å². The molecule has 0 aliphatic rings. The van der Waals surface area contributed by atoms with Crippen molar-refractivity contribution >= 4 is 27.4 Å². The minimum Gasteiger partial charge on any atom is -0.472 e. The summed E-state index contributed by atoms with van der Waals surface area (Å²) < 4.78 is 18.2. The molecule has 6 nitrogen and oxygen atoms in total. The van der Waals surface area contributed by atoms with E-state index in [-0.39, 0.29) is 0 Å². The molecule has 0 saturated heterocycles. The molecule has 0 aliphatic heterocycles. The summed E-state index contributed by atoms with van der Waals surface area (Å²) in [6.45, 7) is 2.86. The molecule has 0 fully saturated rings. The van der Waals surface area contributed by atoms with E-state index < -0.39 is 5.82 Å². The van der Waals surface area contributed by atoms with E-state index >= 15 is 0 Å². The molecule has 0 bridgehead atoms. The highest BCUT2D eigenvalue weighted by Crippen LogP contribution is 2.31. The average molecular weight is 446 g/mol. The van der Waals surface area contributed by atoms with Crippen LogP contribution in [0.4, 0.5) is 10.2 Å². The van der Waals surface area contributed by atoms with Gasteiger partial charge in [0.15, 0.2) is 17.5 Å². The number of aryl methyl sites for hydroxylation is 2. The lowest BCUT2D eigenvalue weighted by Crippen LogP contribution is -2.06. The predicted molar refractivity (Wildman–Crippen MR) is 124 cm³/mol. The first-order valence-corrected chi connectivity index (χ1v) is 11.1. The van der Waals surface area contributed by atoms with E-state index in [2.05, 4.69) is 45.4 Å². The summed E-state index contributed by atoms with van der Waals surface area (Å²) in [7, 11) is 0. The molecule has 1 aromatic carbocycles. The predicted octanol–water partition coefficient (Wildman–Crippen LogP) is 5.90. The van der Waals surface area contributed by atoms with Crippen LogP contribution in [0.3, 0.4) is 0 Å². The molecule has 32 heavy (non-hydrogen) atoms. The van der Waals surface area contributed by atoms with Gasteiger partial charge in [-0.25, -0.2) is 24.3 Å². The van der Waals surface area contributed by atoms with Crippen LogP contribution < -0.4 is 5.32 Å². The summed E-state index contributed by atoms with van der Waals surface area (Å²) in [5.41, 5.74) is 2.96. The number of fused-ring (bicyclic) bond motifs is 1. The van der Waals surface area contributed by atoms with Crippen LogP contribution in [0.25, 0.3) is 33.0 Å². The van der Waals surface area contributed by atoms with Gasteiger partial charge in [0.1, 0.15) is 16.9 Å². The van der Waals surface area contributed by atoms with Gasteiger partial charge in [-0.15, -0.1) is 11.3 Å². The van der Waals surface area contributed by atoms with Crippen LogP contribution in [0.1, 0.15) is 16.9 Å². The number of anilines is 1. The molecule has 160 valence electrons. The summed E-state index contributed by atoms with van der Waals surface area (Å²) in [6, 6.07) is 12.0. The minimum absolute atomic E-state index is 0.437. The van der Waals surface area contributed by atoms with Crippen molar-refractivity contribution in [2.24, 2.45) is 0 Å². The van der Waals surface area contributed by atoms with Gasteiger partial charge >= 0.3 is 0 Å². The molecule has 5 rings (SSSR count). The lowest BCUT2D eigenvalue weighted by Gasteiger charge is -2.09. The highest BCUT2D eigenvalue weighted by Gasteiger charge is 2.12. The van der Waals surface area contributed by atoms with E-state index in [1.807, 2.05) is 18.2 Å². The zero-order chi connectivity index (χ0) is 21.9. The fourth-order valence-corrected chi connectivity index (χ4v) is 4.36. The van der Waals surface area contributed by atoms with Crippen LogP contribution in [0, 0.1) is 12.7 Å². The smallest absolute Gasteiger partial charge is 0.166 e. The highest BCUT2D eigenvalue weighted by molar-refractivity contribution is 7.18. The number of aromatic nitrogens is 4. The SMILES string of the molecule is Cc1cc2c(NCCCc3ccc(-c4ncc(F)cn4)cc3)nc(-c3ccoc3)nc2s1. The number of hydrogen-bond donors (Lipinski definition) is 1. The second kappa shape index (κ2) is 8.84. The first kappa shape index (κ1) is 20.3. The van der Waals surface area contributed by atoms with E-state index in [1.165, 1.54) is 22.8 Å². The van der Waals surface area contributed by atoms with Crippen LogP contribution >= 0.6 is 11.3 Å². The molecule has 0 spiro atoms. The second-order valence-electron chi connectivity index (χ2n) is 7.44. The summed E-state index contributed by atoms with van der Waals surface area (Å²) in [6.07, 6.45) is 7.51. The zero-order valence-corrected chi connectivity index (χ0v) is 18.2. The van der Waals surface area contributed by atoms with Crippen molar-refractivity contribution in [1.29, 1.82) is 0 Å². The summed E-state index contributed by atoms with van der Waals surface area (Å²) in [5.74, 6) is 1.59. The van der Waals surface area contributed by atoms with Crippen molar-refractivity contribution in [3.05, 3.63) is 77.6 Å². The minimum atomic E-state index is -0.437.